The molecule has 2 unspecified atom stereocenters. The first-order chi connectivity index (χ1) is 11.5. The fraction of sp³-hybridized carbons (Fsp3) is 0.947. The molecule has 0 radical (unpaired) electrons. The maximum Gasteiger partial charge on any atom is 0.185 e. The van der Waals surface area contributed by atoms with Gasteiger partial charge in [0.2, 0.25) is 0 Å². The molecule has 6 nitrogen and oxygen atoms in total. The number of nitrogens with one attached hydrogen (secondary N) is 2. The molecular weight excluding hydrogens is 312 g/mol. The van der Waals surface area contributed by atoms with Gasteiger partial charge in [-0.15, -0.1) is 0 Å². The summed E-state index contributed by atoms with van der Waals surface area (Å²) in [6, 6.07) is 0.660. The van der Waals surface area contributed by atoms with Crippen molar-refractivity contribution in [1.29, 1.82) is 5.41 Å². The first kappa shape index (κ1) is 20.5. The van der Waals surface area contributed by atoms with Crippen molar-refractivity contribution in [3.8, 4) is 0 Å². The second kappa shape index (κ2) is 7.80. The number of guanidine groups is 1. The van der Waals surface area contributed by atoms with Gasteiger partial charge in [0.05, 0.1) is 0 Å². The average Bonchev–Trinajstić information content (AvgIpc) is 2.48. The van der Waals surface area contributed by atoms with E-state index >= 15 is 0 Å². The molecule has 2 fully saturated rings. The highest BCUT2D eigenvalue weighted by atomic mass is 15.2. The molecule has 2 aliphatic heterocycles. The molecule has 0 spiro atoms. The SMILES string of the molecule is CC(C)(C)N1CCC(N)C(CC(C)(C)N2CCC(NC(=N)N)CC2)C1. The van der Waals surface area contributed by atoms with E-state index in [1.165, 1.54) is 0 Å². The molecule has 2 rings (SSSR count). The molecule has 0 amide bonds. The van der Waals surface area contributed by atoms with Crippen molar-refractivity contribution >= 4 is 5.96 Å². The van der Waals surface area contributed by atoms with Crippen molar-refractivity contribution in [3.63, 3.8) is 0 Å². The van der Waals surface area contributed by atoms with Gasteiger partial charge in [-0.3, -0.25) is 15.2 Å². The summed E-state index contributed by atoms with van der Waals surface area (Å²) in [5.74, 6) is 0.643. The summed E-state index contributed by atoms with van der Waals surface area (Å²) in [6.45, 7) is 16.0. The van der Waals surface area contributed by atoms with Gasteiger partial charge < -0.3 is 16.8 Å². The molecule has 0 bridgehead atoms. The van der Waals surface area contributed by atoms with Crippen LogP contribution < -0.4 is 16.8 Å². The summed E-state index contributed by atoms with van der Waals surface area (Å²) in [6.07, 6.45) is 4.34. The van der Waals surface area contributed by atoms with Gasteiger partial charge in [0.15, 0.2) is 5.96 Å². The van der Waals surface area contributed by atoms with Crippen LogP contribution in [0.4, 0.5) is 0 Å². The second-order valence-corrected chi connectivity index (χ2v) is 9.67. The molecule has 2 aliphatic rings. The molecular formula is C19H40N6. The summed E-state index contributed by atoms with van der Waals surface area (Å²) in [4.78, 5) is 5.20. The maximum absolute atomic E-state index is 7.40. The lowest BCUT2D eigenvalue weighted by Gasteiger charge is -2.49. The van der Waals surface area contributed by atoms with Gasteiger partial charge in [0.1, 0.15) is 0 Å². The first-order valence-corrected chi connectivity index (χ1v) is 9.85. The summed E-state index contributed by atoms with van der Waals surface area (Å²) in [7, 11) is 0. The Balaban J connectivity index is 1.92. The number of rotatable bonds is 4. The van der Waals surface area contributed by atoms with Gasteiger partial charge in [-0.05, 0) is 66.2 Å². The highest BCUT2D eigenvalue weighted by molar-refractivity contribution is 5.74. The number of nitrogens with two attached hydrogens (primary N) is 2. The Labute approximate surface area is 154 Å². The van der Waals surface area contributed by atoms with Crippen LogP contribution in [0.15, 0.2) is 0 Å². The van der Waals surface area contributed by atoms with E-state index in [0.717, 1.165) is 51.9 Å². The smallest absolute Gasteiger partial charge is 0.185 e. The van der Waals surface area contributed by atoms with E-state index in [-0.39, 0.29) is 17.0 Å². The minimum Gasteiger partial charge on any atom is -0.370 e. The van der Waals surface area contributed by atoms with Gasteiger partial charge in [0.25, 0.3) is 0 Å². The summed E-state index contributed by atoms with van der Waals surface area (Å²) in [5.41, 5.74) is 12.4. The highest BCUT2D eigenvalue weighted by Crippen LogP contribution is 2.32. The lowest BCUT2D eigenvalue weighted by molar-refractivity contribution is 0.0208. The summed E-state index contributed by atoms with van der Waals surface area (Å²) < 4.78 is 0. The maximum atomic E-state index is 7.40. The van der Waals surface area contributed by atoms with Gasteiger partial charge >= 0.3 is 0 Å². The van der Waals surface area contributed by atoms with Crippen LogP contribution in [0, 0.1) is 11.3 Å². The van der Waals surface area contributed by atoms with E-state index < -0.39 is 0 Å². The zero-order valence-electron chi connectivity index (χ0n) is 16.9. The Morgan fingerprint density at radius 1 is 1.04 bits per heavy atom. The van der Waals surface area contributed by atoms with Crippen LogP contribution in [-0.4, -0.2) is 65.1 Å². The predicted octanol–water partition coefficient (Wildman–Crippen LogP) is 1.55. The molecule has 25 heavy (non-hydrogen) atoms. The molecule has 6 heteroatoms. The van der Waals surface area contributed by atoms with Gasteiger partial charge in [-0.1, -0.05) is 0 Å². The fourth-order valence-electron chi connectivity index (χ4n) is 4.50. The molecule has 2 atom stereocenters. The largest absolute Gasteiger partial charge is 0.370 e. The molecule has 2 heterocycles. The zero-order chi connectivity index (χ0) is 18.8. The minimum absolute atomic E-state index is 0.0909. The van der Waals surface area contributed by atoms with Crippen molar-refractivity contribution in [1.82, 2.24) is 15.1 Å². The molecule has 146 valence electrons. The van der Waals surface area contributed by atoms with E-state index in [2.05, 4.69) is 49.7 Å². The molecule has 2 saturated heterocycles. The van der Waals surface area contributed by atoms with Gasteiger partial charge in [-0.25, -0.2) is 0 Å². The predicted molar refractivity (Wildman–Crippen MR) is 106 cm³/mol. The van der Waals surface area contributed by atoms with Gasteiger partial charge in [-0.2, -0.15) is 0 Å². The molecule has 0 aliphatic carbocycles. The van der Waals surface area contributed by atoms with Crippen LogP contribution in [0.2, 0.25) is 0 Å². The molecule has 6 N–H and O–H groups in total. The van der Waals surface area contributed by atoms with Crippen molar-refractivity contribution in [2.75, 3.05) is 26.2 Å². The highest BCUT2D eigenvalue weighted by Gasteiger charge is 2.38. The lowest BCUT2D eigenvalue weighted by atomic mass is 9.80. The second-order valence-electron chi connectivity index (χ2n) is 9.67. The van der Waals surface area contributed by atoms with Crippen LogP contribution in [-0.2, 0) is 0 Å². The Morgan fingerprint density at radius 2 is 1.60 bits per heavy atom. The zero-order valence-corrected chi connectivity index (χ0v) is 16.9. The van der Waals surface area contributed by atoms with Crippen molar-refractivity contribution < 1.29 is 0 Å². The molecule has 0 saturated carbocycles. The third-order valence-electron chi connectivity index (χ3n) is 6.21. The Bertz CT molecular complexity index is 447. The standard InChI is InChI=1S/C19H40N6/c1-18(2,3)25-11-8-16(20)14(13-25)12-19(4,5)24-9-6-15(7-10-24)23-17(21)22/h14-16H,6-13,20H2,1-5H3,(H4,21,22,23). The summed E-state index contributed by atoms with van der Waals surface area (Å²) in [5, 5.41) is 10.5. The van der Waals surface area contributed by atoms with Crippen LogP contribution in [0.3, 0.4) is 0 Å². The van der Waals surface area contributed by atoms with Crippen LogP contribution >= 0.6 is 0 Å². The average molecular weight is 353 g/mol. The number of likely N-dealkylation sites (tertiary alicyclic amines) is 2. The Kier molecular flexibility index (Phi) is 6.39. The van der Waals surface area contributed by atoms with Crippen LogP contribution in [0.5, 0.6) is 0 Å². The number of hydrogen-bond donors (Lipinski definition) is 4. The van der Waals surface area contributed by atoms with E-state index in [4.69, 9.17) is 16.9 Å². The number of nitrogens with zero attached hydrogens (tertiary/aromatic N) is 2. The number of hydrogen-bond acceptors (Lipinski definition) is 4. The van der Waals surface area contributed by atoms with Gasteiger partial charge in [0, 0.05) is 49.3 Å². The normalized spacial score (nSPS) is 28.1. The van der Waals surface area contributed by atoms with E-state index in [9.17, 15) is 0 Å². The molecule has 0 aromatic rings. The van der Waals surface area contributed by atoms with Crippen molar-refractivity contribution in [2.45, 2.75) is 83.5 Å². The van der Waals surface area contributed by atoms with Crippen LogP contribution in [0.1, 0.15) is 60.3 Å². The number of piperidine rings is 2. The quantitative estimate of drug-likeness (QED) is 0.455. The Morgan fingerprint density at radius 3 is 2.12 bits per heavy atom. The van der Waals surface area contributed by atoms with E-state index in [1.807, 2.05) is 0 Å². The third-order valence-corrected chi connectivity index (χ3v) is 6.21. The molecule has 0 aromatic heterocycles. The van der Waals surface area contributed by atoms with Crippen molar-refractivity contribution in [3.05, 3.63) is 0 Å². The first-order valence-electron chi connectivity index (χ1n) is 9.85. The Hall–Kier alpha value is -0.850. The summed E-state index contributed by atoms with van der Waals surface area (Å²) >= 11 is 0. The molecule has 0 aromatic carbocycles. The van der Waals surface area contributed by atoms with Crippen LogP contribution in [0.25, 0.3) is 0 Å². The van der Waals surface area contributed by atoms with Crippen molar-refractivity contribution in [2.24, 2.45) is 17.4 Å². The monoisotopic (exact) mass is 352 g/mol. The third kappa shape index (κ3) is 5.56. The van der Waals surface area contributed by atoms with E-state index in [0.29, 0.717) is 18.0 Å². The topological polar surface area (TPSA) is 94.4 Å². The minimum atomic E-state index is 0.0909. The van der Waals surface area contributed by atoms with E-state index in [1.54, 1.807) is 0 Å². The lowest BCUT2D eigenvalue weighted by Crippen LogP contribution is -2.58. The fourth-order valence-corrected chi connectivity index (χ4v) is 4.50.